The number of hydrogen-bond donors (Lipinski definition) is 2. The highest BCUT2D eigenvalue weighted by Crippen LogP contribution is 2.10. The van der Waals surface area contributed by atoms with Crippen LogP contribution in [0.5, 0.6) is 0 Å². The molecule has 0 bridgehead atoms. The number of fused-ring (bicyclic) bond motifs is 1. The number of anilines is 1. The van der Waals surface area contributed by atoms with E-state index in [1.54, 1.807) is 7.11 Å². The lowest BCUT2D eigenvalue weighted by atomic mass is 10.2. The molecule has 0 saturated carbocycles. The highest BCUT2D eigenvalue weighted by atomic mass is 16.5. The Morgan fingerprint density at radius 3 is 3.18 bits per heavy atom. The van der Waals surface area contributed by atoms with Crippen LogP contribution >= 0.6 is 0 Å². The molecular formula is C11H10N4O2. The topological polar surface area (TPSA) is 93.9 Å². The summed E-state index contributed by atoms with van der Waals surface area (Å²) in [5.74, 6) is 5.75. The first kappa shape index (κ1) is 11.1. The third kappa shape index (κ3) is 2.24. The summed E-state index contributed by atoms with van der Waals surface area (Å²) in [4.78, 5) is 21.9. The molecule has 86 valence electrons. The second kappa shape index (κ2) is 4.63. The molecule has 0 aliphatic heterocycles. The molecule has 2 heterocycles. The van der Waals surface area contributed by atoms with E-state index >= 15 is 0 Å². The van der Waals surface area contributed by atoms with Crippen LogP contribution in [0.25, 0.3) is 10.9 Å². The Morgan fingerprint density at radius 2 is 2.41 bits per heavy atom. The van der Waals surface area contributed by atoms with E-state index in [1.807, 2.05) is 0 Å². The second-order valence-corrected chi connectivity index (χ2v) is 3.26. The largest absolute Gasteiger partial charge is 0.372 e. The van der Waals surface area contributed by atoms with Crippen LogP contribution in [0.15, 0.2) is 17.2 Å². The van der Waals surface area contributed by atoms with Gasteiger partial charge in [-0.1, -0.05) is 11.8 Å². The summed E-state index contributed by atoms with van der Waals surface area (Å²) >= 11 is 0. The third-order valence-corrected chi connectivity index (χ3v) is 2.09. The second-order valence-electron chi connectivity index (χ2n) is 3.26. The minimum Gasteiger partial charge on any atom is -0.372 e. The Balaban J connectivity index is 2.65. The predicted octanol–water partition coefficient (Wildman–Crippen LogP) is -0.102. The molecule has 2 aromatic heterocycles. The number of rotatable bonds is 1. The highest BCUT2D eigenvalue weighted by molar-refractivity contribution is 5.83. The van der Waals surface area contributed by atoms with Crippen molar-refractivity contribution in [2.45, 2.75) is 0 Å². The number of nitrogens with one attached hydrogen (secondary N) is 1. The third-order valence-electron chi connectivity index (χ3n) is 2.09. The van der Waals surface area contributed by atoms with Crippen LogP contribution < -0.4 is 11.3 Å². The first-order valence-electron chi connectivity index (χ1n) is 4.84. The van der Waals surface area contributed by atoms with E-state index in [1.165, 1.54) is 12.4 Å². The van der Waals surface area contributed by atoms with Crippen LogP contribution in [0.3, 0.4) is 0 Å². The highest BCUT2D eigenvalue weighted by Gasteiger charge is 2.05. The van der Waals surface area contributed by atoms with Gasteiger partial charge in [-0.25, -0.2) is 9.97 Å². The molecule has 2 aromatic rings. The van der Waals surface area contributed by atoms with Gasteiger partial charge in [-0.3, -0.25) is 4.79 Å². The van der Waals surface area contributed by atoms with Gasteiger partial charge in [0.15, 0.2) is 0 Å². The Morgan fingerprint density at radius 1 is 1.59 bits per heavy atom. The first-order valence-corrected chi connectivity index (χ1v) is 4.84. The summed E-state index contributed by atoms with van der Waals surface area (Å²) in [6, 6.07) is 0. The predicted molar refractivity (Wildman–Crippen MR) is 63.3 cm³/mol. The average molecular weight is 230 g/mol. The van der Waals surface area contributed by atoms with Crippen LogP contribution in [0.1, 0.15) is 5.56 Å². The van der Waals surface area contributed by atoms with E-state index in [4.69, 9.17) is 10.5 Å². The van der Waals surface area contributed by atoms with Crippen LogP contribution in [-0.2, 0) is 4.74 Å². The van der Waals surface area contributed by atoms with Gasteiger partial charge in [0, 0.05) is 19.5 Å². The molecule has 0 spiro atoms. The number of aromatic nitrogens is 3. The molecule has 0 aliphatic carbocycles. The molecule has 0 saturated heterocycles. The average Bonchev–Trinajstić information content (AvgIpc) is 2.32. The zero-order valence-electron chi connectivity index (χ0n) is 9.15. The van der Waals surface area contributed by atoms with Gasteiger partial charge in [0.05, 0.1) is 16.5 Å². The summed E-state index contributed by atoms with van der Waals surface area (Å²) in [7, 11) is 1.56. The van der Waals surface area contributed by atoms with Gasteiger partial charge in [-0.15, -0.1) is 0 Å². The summed E-state index contributed by atoms with van der Waals surface area (Å²) in [6.07, 6.45) is 2.89. The lowest BCUT2D eigenvalue weighted by Gasteiger charge is -1.99. The number of methoxy groups -OCH3 is 1. The van der Waals surface area contributed by atoms with E-state index in [2.05, 4.69) is 26.8 Å². The Bertz CT molecular complexity index is 666. The zero-order valence-corrected chi connectivity index (χ0v) is 9.15. The fourth-order valence-electron chi connectivity index (χ4n) is 1.35. The summed E-state index contributed by atoms with van der Waals surface area (Å²) in [5.41, 5.74) is 6.26. The number of nitrogens with zero attached hydrogens (tertiary/aromatic N) is 2. The van der Waals surface area contributed by atoms with Crippen molar-refractivity contribution < 1.29 is 4.74 Å². The quantitative estimate of drug-likeness (QED) is 0.667. The van der Waals surface area contributed by atoms with E-state index in [9.17, 15) is 4.79 Å². The number of ether oxygens (including phenoxy) is 1. The van der Waals surface area contributed by atoms with Gasteiger partial charge in [0.25, 0.3) is 5.56 Å². The molecule has 0 fully saturated rings. The molecule has 3 N–H and O–H groups in total. The molecule has 0 unspecified atom stereocenters. The molecule has 6 heteroatoms. The number of nitrogens with two attached hydrogens (primary N) is 1. The summed E-state index contributed by atoms with van der Waals surface area (Å²) < 4.78 is 4.82. The van der Waals surface area contributed by atoms with Crippen molar-refractivity contribution in [3.8, 4) is 11.8 Å². The fraction of sp³-hybridized carbons (Fsp3) is 0.182. The number of aromatic amines is 1. The lowest BCUT2D eigenvalue weighted by Crippen LogP contribution is -2.09. The first-order chi connectivity index (χ1) is 8.22. The van der Waals surface area contributed by atoms with Gasteiger partial charge < -0.3 is 15.5 Å². The minimum atomic E-state index is -0.266. The standard InChI is InChI=1S/C11H10N4O2/c1-17-4-2-3-7-5-13-10(16)8-6-14-11(12)15-9(7)8/h5-6H,4H2,1H3,(H,13,16)(H2,12,14,15). The smallest absolute Gasteiger partial charge is 0.259 e. The molecule has 0 aromatic carbocycles. The maximum atomic E-state index is 11.5. The van der Waals surface area contributed by atoms with Gasteiger partial charge >= 0.3 is 0 Å². The Hall–Kier alpha value is -2.39. The maximum Gasteiger partial charge on any atom is 0.259 e. The molecule has 0 amide bonds. The van der Waals surface area contributed by atoms with Crippen molar-refractivity contribution in [2.24, 2.45) is 0 Å². The van der Waals surface area contributed by atoms with E-state index < -0.39 is 0 Å². The Labute approximate surface area is 96.8 Å². The molecule has 0 radical (unpaired) electrons. The van der Waals surface area contributed by atoms with Crippen molar-refractivity contribution in [1.82, 2.24) is 15.0 Å². The molecule has 17 heavy (non-hydrogen) atoms. The van der Waals surface area contributed by atoms with Crippen molar-refractivity contribution in [3.63, 3.8) is 0 Å². The molecule has 0 atom stereocenters. The van der Waals surface area contributed by atoms with Gasteiger partial charge in [-0.2, -0.15) is 0 Å². The molecule has 2 rings (SSSR count). The van der Waals surface area contributed by atoms with Crippen molar-refractivity contribution in [3.05, 3.63) is 28.3 Å². The van der Waals surface area contributed by atoms with Crippen molar-refractivity contribution in [2.75, 3.05) is 19.5 Å². The van der Waals surface area contributed by atoms with E-state index in [-0.39, 0.29) is 11.5 Å². The van der Waals surface area contributed by atoms with Crippen molar-refractivity contribution in [1.29, 1.82) is 0 Å². The van der Waals surface area contributed by atoms with E-state index in [0.29, 0.717) is 23.1 Å². The van der Waals surface area contributed by atoms with Gasteiger partial charge in [0.2, 0.25) is 5.95 Å². The normalized spacial score (nSPS) is 9.94. The van der Waals surface area contributed by atoms with Gasteiger partial charge in [0.1, 0.15) is 6.61 Å². The summed E-state index contributed by atoms with van der Waals surface area (Å²) in [5, 5.41) is 0.364. The van der Waals surface area contributed by atoms with Gasteiger partial charge in [-0.05, 0) is 0 Å². The van der Waals surface area contributed by atoms with Crippen molar-refractivity contribution >= 4 is 16.9 Å². The monoisotopic (exact) mass is 230 g/mol. The number of H-pyrrole nitrogens is 1. The Kier molecular flexibility index (Phi) is 3.03. The van der Waals surface area contributed by atoms with Crippen LogP contribution in [0.4, 0.5) is 5.95 Å². The number of nitrogen functional groups attached to an aromatic ring is 1. The number of hydrogen-bond acceptors (Lipinski definition) is 5. The zero-order chi connectivity index (χ0) is 12.3. The molecule has 6 nitrogen and oxygen atoms in total. The maximum absolute atomic E-state index is 11.5. The van der Waals surface area contributed by atoms with Crippen LogP contribution in [0, 0.1) is 11.8 Å². The lowest BCUT2D eigenvalue weighted by molar-refractivity contribution is 0.240. The van der Waals surface area contributed by atoms with Crippen LogP contribution in [0.2, 0.25) is 0 Å². The number of pyridine rings is 1. The minimum absolute atomic E-state index is 0.109. The summed E-state index contributed by atoms with van der Waals surface area (Å²) in [6.45, 7) is 0.307. The van der Waals surface area contributed by atoms with E-state index in [0.717, 1.165) is 0 Å². The van der Waals surface area contributed by atoms with Crippen LogP contribution in [-0.4, -0.2) is 28.7 Å². The SMILES string of the molecule is COCC#Cc1c[nH]c(=O)c2cnc(N)nc12. The fourth-order valence-corrected chi connectivity index (χ4v) is 1.35. The molecular weight excluding hydrogens is 220 g/mol. The molecule has 0 aliphatic rings.